The zero-order chi connectivity index (χ0) is 24.4. The molecule has 2 aromatic carbocycles. The smallest absolute Gasteiger partial charge is 0.270 e. The van der Waals surface area contributed by atoms with E-state index < -0.39 is 0 Å². The molecule has 7 heteroatoms. The van der Waals surface area contributed by atoms with Crippen LogP contribution in [0.2, 0.25) is 0 Å². The minimum Gasteiger partial charge on any atom is -0.334 e. The van der Waals surface area contributed by atoms with E-state index in [2.05, 4.69) is 40.3 Å². The Balaban J connectivity index is 1.29. The van der Waals surface area contributed by atoms with Crippen molar-refractivity contribution in [1.82, 2.24) is 14.4 Å². The lowest BCUT2D eigenvalue weighted by molar-refractivity contribution is 0.0409. The molecule has 35 heavy (non-hydrogen) atoms. The molecule has 1 atom stereocenters. The van der Waals surface area contributed by atoms with Gasteiger partial charge in [-0.25, -0.2) is 4.39 Å². The van der Waals surface area contributed by atoms with Gasteiger partial charge in [0.15, 0.2) is 0 Å². The molecule has 1 fully saturated rings. The Morgan fingerprint density at radius 2 is 1.77 bits per heavy atom. The average molecular weight is 490 g/mol. The first-order valence-electron chi connectivity index (χ1n) is 12.0. The van der Waals surface area contributed by atoms with E-state index >= 15 is 0 Å². The van der Waals surface area contributed by atoms with Gasteiger partial charge < -0.3 is 14.4 Å². The third-order valence-corrected chi connectivity index (χ3v) is 7.63. The van der Waals surface area contributed by atoms with Crippen molar-refractivity contribution in [3.05, 3.63) is 94.7 Å². The summed E-state index contributed by atoms with van der Waals surface area (Å²) in [5.74, 6) is -0.486. The second kappa shape index (κ2) is 10.0. The summed E-state index contributed by atoms with van der Waals surface area (Å²) in [6.45, 7) is 4.12. The van der Waals surface area contributed by atoms with Crippen LogP contribution in [0.1, 0.15) is 39.8 Å². The van der Waals surface area contributed by atoms with Crippen LogP contribution in [0.15, 0.2) is 72.1 Å². The van der Waals surface area contributed by atoms with Crippen LogP contribution in [0.25, 0.3) is 10.2 Å². The predicted octanol–water partition coefficient (Wildman–Crippen LogP) is 5.46. The van der Waals surface area contributed by atoms with Crippen LogP contribution in [-0.2, 0) is 13.0 Å². The normalized spacial score (nSPS) is 16.1. The van der Waals surface area contributed by atoms with E-state index in [1.165, 1.54) is 29.8 Å². The number of rotatable bonds is 6. The van der Waals surface area contributed by atoms with E-state index in [1.807, 2.05) is 24.0 Å². The predicted molar refractivity (Wildman–Crippen MR) is 137 cm³/mol. The number of benzene rings is 2. The number of fused-ring (bicyclic) bond motifs is 1. The maximum Gasteiger partial charge on any atom is 0.270 e. The molecule has 3 heterocycles. The van der Waals surface area contributed by atoms with E-state index in [0.717, 1.165) is 29.6 Å². The number of aryl methyl sites for hydroxylation is 2. The number of nitrogens with zero attached hydrogens (tertiary/aromatic N) is 3. The van der Waals surface area contributed by atoms with E-state index in [9.17, 15) is 14.0 Å². The van der Waals surface area contributed by atoms with Crippen LogP contribution in [-0.4, -0.2) is 51.9 Å². The first-order valence-corrected chi connectivity index (χ1v) is 12.9. The van der Waals surface area contributed by atoms with Crippen LogP contribution in [0, 0.1) is 5.82 Å². The zero-order valence-electron chi connectivity index (χ0n) is 19.7. The molecule has 1 saturated heterocycles. The third kappa shape index (κ3) is 4.86. The Morgan fingerprint density at radius 1 is 1.00 bits per heavy atom. The fourth-order valence-electron chi connectivity index (χ4n) is 4.82. The Morgan fingerprint density at radius 3 is 2.51 bits per heavy atom. The minimum atomic E-state index is -0.364. The van der Waals surface area contributed by atoms with E-state index in [4.69, 9.17) is 0 Å². The summed E-state index contributed by atoms with van der Waals surface area (Å²) >= 11 is 1.66. The molecule has 180 valence electrons. The summed E-state index contributed by atoms with van der Waals surface area (Å²) in [6.07, 6.45) is 1.91. The van der Waals surface area contributed by atoms with Crippen molar-refractivity contribution in [2.24, 2.45) is 0 Å². The number of carbonyl (C=O) groups is 2. The van der Waals surface area contributed by atoms with E-state index in [1.54, 1.807) is 16.2 Å². The number of hydrogen-bond acceptors (Lipinski definition) is 3. The van der Waals surface area contributed by atoms with Crippen molar-refractivity contribution in [3.63, 3.8) is 0 Å². The van der Waals surface area contributed by atoms with Crippen molar-refractivity contribution in [1.29, 1.82) is 0 Å². The van der Waals surface area contributed by atoms with Crippen LogP contribution in [0.3, 0.4) is 0 Å². The van der Waals surface area contributed by atoms with Crippen molar-refractivity contribution >= 4 is 33.4 Å². The number of aromatic nitrogens is 1. The average Bonchev–Trinajstić information content (AvgIpc) is 3.47. The first kappa shape index (κ1) is 23.3. The molecule has 4 aromatic rings. The highest BCUT2D eigenvalue weighted by molar-refractivity contribution is 7.16. The Bertz CT molecular complexity index is 1330. The van der Waals surface area contributed by atoms with Gasteiger partial charge in [0.1, 0.15) is 16.3 Å². The minimum absolute atomic E-state index is 0.00819. The summed E-state index contributed by atoms with van der Waals surface area (Å²) in [7, 11) is 0. The fraction of sp³-hybridized carbons (Fsp3) is 0.286. The van der Waals surface area contributed by atoms with Crippen molar-refractivity contribution < 1.29 is 14.0 Å². The summed E-state index contributed by atoms with van der Waals surface area (Å²) < 4.78 is 15.4. The molecule has 2 amide bonds. The number of carbonyl (C=O) groups excluding carboxylic acids is 2. The summed E-state index contributed by atoms with van der Waals surface area (Å²) in [4.78, 5) is 31.3. The topological polar surface area (TPSA) is 45.6 Å². The Hall–Kier alpha value is -3.45. The Kier molecular flexibility index (Phi) is 6.68. The van der Waals surface area contributed by atoms with Crippen molar-refractivity contribution in [2.45, 2.75) is 32.4 Å². The molecule has 0 radical (unpaired) electrons. The summed E-state index contributed by atoms with van der Waals surface area (Å²) in [5.41, 5.74) is 2.47. The van der Waals surface area contributed by atoms with Gasteiger partial charge in [-0.05, 0) is 67.1 Å². The molecule has 0 unspecified atom stereocenters. The number of piperazine rings is 1. The molecular formula is C28H28FN3O2S. The van der Waals surface area contributed by atoms with Gasteiger partial charge in [-0.15, -0.1) is 11.3 Å². The van der Waals surface area contributed by atoms with Gasteiger partial charge in [-0.2, -0.15) is 0 Å². The molecule has 2 aromatic heterocycles. The number of halogens is 1. The molecule has 0 saturated carbocycles. The van der Waals surface area contributed by atoms with Gasteiger partial charge in [-0.3, -0.25) is 9.59 Å². The lowest BCUT2D eigenvalue weighted by atomic mass is 10.1. The molecule has 0 bridgehead atoms. The molecule has 0 N–H and O–H groups in total. The quantitative estimate of drug-likeness (QED) is 0.361. The molecule has 1 aliphatic rings. The largest absolute Gasteiger partial charge is 0.334 e. The highest BCUT2D eigenvalue weighted by atomic mass is 32.1. The second-order valence-corrected chi connectivity index (χ2v) is 9.95. The lowest BCUT2D eigenvalue weighted by Crippen LogP contribution is -2.55. The standard InChI is InChI=1S/C28H28FN3O2S/c1-20-19-30(15-16-31(20)26(33)22-9-11-24(29)12-10-22)27(34)25-18-23-13-17-35-28(23)32(25)14-5-8-21-6-3-2-4-7-21/h2-4,6-7,9-13,17-18,20H,5,8,14-16,19H2,1H3/t20-/m1/s1. The molecular weight excluding hydrogens is 461 g/mol. The first-order chi connectivity index (χ1) is 17.0. The number of amides is 2. The van der Waals surface area contributed by atoms with Crippen LogP contribution < -0.4 is 0 Å². The number of thiophene rings is 1. The highest BCUT2D eigenvalue weighted by Crippen LogP contribution is 2.27. The molecule has 0 aliphatic carbocycles. The van der Waals surface area contributed by atoms with Crippen molar-refractivity contribution in [3.8, 4) is 0 Å². The Labute approximate surface area is 208 Å². The van der Waals surface area contributed by atoms with Crippen LogP contribution in [0.5, 0.6) is 0 Å². The van der Waals surface area contributed by atoms with Gasteiger partial charge in [0, 0.05) is 43.2 Å². The maximum atomic E-state index is 13.6. The zero-order valence-corrected chi connectivity index (χ0v) is 20.5. The lowest BCUT2D eigenvalue weighted by Gasteiger charge is -2.40. The molecule has 5 nitrogen and oxygen atoms in total. The molecule has 1 aliphatic heterocycles. The van der Waals surface area contributed by atoms with Gasteiger partial charge in [0.05, 0.1) is 0 Å². The summed E-state index contributed by atoms with van der Waals surface area (Å²) in [6, 6.07) is 20.0. The van der Waals surface area contributed by atoms with Crippen LogP contribution >= 0.6 is 11.3 Å². The monoisotopic (exact) mass is 489 g/mol. The highest BCUT2D eigenvalue weighted by Gasteiger charge is 2.32. The maximum absolute atomic E-state index is 13.6. The van der Waals surface area contributed by atoms with E-state index in [-0.39, 0.29) is 23.7 Å². The van der Waals surface area contributed by atoms with Crippen molar-refractivity contribution in [2.75, 3.05) is 19.6 Å². The van der Waals surface area contributed by atoms with Gasteiger partial charge >= 0.3 is 0 Å². The van der Waals surface area contributed by atoms with Gasteiger partial charge in [0.25, 0.3) is 11.8 Å². The van der Waals surface area contributed by atoms with Gasteiger partial charge in [-0.1, -0.05) is 30.3 Å². The fourth-order valence-corrected chi connectivity index (χ4v) is 5.75. The SMILES string of the molecule is C[C@@H]1CN(C(=O)c2cc3ccsc3n2CCCc2ccccc2)CCN1C(=O)c1ccc(F)cc1. The summed E-state index contributed by atoms with van der Waals surface area (Å²) in [5, 5.41) is 3.16. The second-order valence-electron chi connectivity index (χ2n) is 9.06. The van der Waals surface area contributed by atoms with Gasteiger partial charge in [0.2, 0.25) is 0 Å². The van der Waals surface area contributed by atoms with Crippen LogP contribution in [0.4, 0.5) is 4.39 Å². The third-order valence-electron chi connectivity index (χ3n) is 6.68. The number of hydrogen-bond donors (Lipinski definition) is 0. The van der Waals surface area contributed by atoms with E-state index in [0.29, 0.717) is 30.9 Å². The molecule has 5 rings (SSSR count). The molecule has 0 spiro atoms.